The Kier molecular flexibility index (Phi) is 5.08. The fraction of sp³-hybridized carbons (Fsp3) is 0.100. The van der Waals surface area contributed by atoms with Gasteiger partial charge in [0.1, 0.15) is 0 Å². The van der Waals surface area contributed by atoms with Gasteiger partial charge in [0.25, 0.3) is 0 Å². The van der Waals surface area contributed by atoms with Crippen molar-refractivity contribution in [1.82, 2.24) is 4.98 Å². The van der Waals surface area contributed by atoms with Crippen molar-refractivity contribution >= 4 is 5.97 Å². The van der Waals surface area contributed by atoms with Crippen LogP contribution in [0.15, 0.2) is 60.9 Å². The summed E-state index contributed by atoms with van der Waals surface area (Å²) in [6.07, 6.45) is -7.81. The fourth-order valence-electron chi connectivity index (χ4n) is 3.03. The second-order valence-electron chi connectivity index (χ2n) is 6.00. The number of alkyl halides is 6. The van der Waals surface area contributed by atoms with E-state index in [4.69, 9.17) is 0 Å². The standard InChI is InChI=1S/C20H11F6NO2/c21-19(22,23)15-7-3-1-5-11(15)13-9-27-10-14(17(13)18(28)29)12-6-2-4-8-16(12)20(24,25)26/h1-10H,(H,28,29). The summed E-state index contributed by atoms with van der Waals surface area (Å²) >= 11 is 0. The Morgan fingerprint density at radius 3 is 1.41 bits per heavy atom. The first-order valence-corrected chi connectivity index (χ1v) is 8.06. The van der Waals surface area contributed by atoms with Crippen molar-refractivity contribution in [3.8, 4) is 22.3 Å². The lowest BCUT2D eigenvalue weighted by atomic mass is 9.90. The summed E-state index contributed by atoms with van der Waals surface area (Å²) < 4.78 is 80.4. The number of hydrogen-bond donors (Lipinski definition) is 1. The molecule has 0 spiro atoms. The molecule has 0 saturated heterocycles. The van der Waals surface area contributed by atoms with Crippen LogP contribution >= 0.6 is 0 Å². The van der Waals surface area contributed by atoms with Gasteiger partial charge in [-0.15, -0.1) is 0 Å². The highest BCUT2D eigenvalue weighted by molar-refractivity contribution is 6.03. The maximum atomic E-state index is 13.4. The van der Waals surface area contributed by atoms with E-state index in [9.17, 15) is 36.2 Å². The zero-order valence-corrected chi connectivity index (χ0v) is 14.3. The molecular weight excluding hydrogens is 400 g/mol. The number of benzene rings is 2. The van der Waals surface area contributed by atoms with E-state index in [2.05, 4.69) is 4.98 Å². The van der Waals surface area contributed by atoms with E-state index in [1.54, 1.807) is 0 Å². The van der Waals surface area contributed by atoms with Crippen LogP contribution in [0.1, 0.15) is 21.5 Å². The van der Waals surface area contributed by atoms with Gasteiger partial charge in [-0.2, -0.15) is 26.3 Å². The Balaban J connectivity index is 2.37. The molecule has 9 heteroatoms. The molecule has 0 aliphatic heterocycles. The first kappa shape index (κ1) is 20.4. The Morgan fingerprint density at radius 2 is 1.07 bits per heavy atom. The third-order valence-electron chi connectivity index (χ3n) is 4.21. The number of rotatable bonds is 3. The minimum Gasteiger partial charge on any atom is -0.478 e. The largest absolute Gasteiger partial charge is 0.478 e. The van der Waals surface area contributed by atoms with Gasteiger partial charge in [-0.1, -0.05) is 36.4 Å². The van der Waals surface area contributed by atoms with E-state index in [-0.39, 0.29) is 0 Å². The van der Waals surface area contributed by atoms with E-state index >= 15 is 0 Å². The molecular formula is C20H11F6NO2. The van der Waals surface area contributed by atoms with Gasteiger partial charge in [-0.05, 0) is 23.3 Å². The summed E-state index contributed by atoms with van der Waals surface area (Å²) in [4.78, 5) is 15.6. The SMILES string of the molecule is O=C(O)c1c(-c2ccccc2C(F)(F)F)cncc1-c1ccccc1C(F)(F)F. The molecule has 0 amide bonds. The van der Waals surface area contributed by atoms with E-state index in [0.717, 1.165) is 48.8 Å². The Hall–Kier alpha value is -3.36. The van der Waals surface area contributed by atoms with Gasteiger partial charge >= 0.3 is 18.3 Å². The monoisotopic (exact) mass is 411 g/mol. The van der Waals surface area contributed by atoms with Gasteiger partial charge in [0.2, 0.25) is 0 Å². The van der Waals surface area contributed by atoms with Gasteiger partial charge in [0, 0.05) is 23.5 Å². The molecule has 0 atom stereocenters. The molecule has 0 unspecified atom stereocenters. The summed E-state index contributed by atoms with van der Waals surface area (Å²) in [5.74, 6) is -1.67. The molecule has 2 aromatic carbocycles. The number of nitrogens with zero attached hydrogens (tertiary/aromatic N) is 1. The quantitative estimate of drug-likeness (QED) is 0.526. The minimum atomic E-state index is -4.80. The van der Waals surface area contributed by atoms with Gasteiger partial charge < -0.3 is 5.11 Å². The Bertz CT molecular complexity index is 997. The molecule has 0 fully saturated rings. The summed E-state index contributed by atoms with van der Waals surface area (Å²) in [7, 11) is 0. The van der Waals surface area contributed by atoms with Crippen LogP contribution in [0.3, 0.4) is 0 Å². The van der Waals surface area contributed by atoms with Crippen molar-refractivity contribution in [1.29, 1.82) is 0 Å². The van der Waals surface area contributed by atoms with Crippen molar-refractivity contribution in [3.63, 3.8) is 0 Å². The molecule has 29 heavy (non-hydrogen) atoms. The molecule has 1 N–H and O–H groups in total. The van der Waals surface area contributed by atoms with Crippen LogP contribution in [0, 0.1) is 0 Å². The predicted octanol–water partition coefficient (Wildman–Crippen LogP) is 6.15. The van der Waals surface area contributed by atoms with E-state index < -0.39 is 57.3 Å². The lowest BCUT2D eigenvalue weighted by molar-refractivity contribution is -0.137. The van der Waals surface area contributed by atoms with Gasteiger partial charge in [-0.25, -0.2) is 4.79 Å². The first-order valence-electron chi connectivity index (χ1n) is 8.06. The minimum absolute atomic E-state index is 0.431. The van der Waals surface area contributed by atoms with E-state index in [1.165, 1.54) is 12.1 Å². The average Bonchev–Trinajstić information content (AvgIpc) is 2.66. The normalized spacial score (nSPS) is 12.1. The van der Waals surface area contributed by atoms with Crippen LogP contribution in [0.5, 0.6) is 0 Å². The molecule has 0 radical (unpaired) electrons. The molecule has 150 valence electrons. The molecule has 1 heterocycles. The van der Waals surface area contributed by atoms with Gasteiger partial charge in [0.05, 0.1) is 16.7 Å². The first-order chi connectivity index (χ1) is 13.5. The summed E-state index contributed by atoms with van der Waals surface area (Å²) in [6.45, 7) is 0. The van der Waals surface area contributed by atoms with Crippen molar-refractivity contribution in [2.75, 3.05) is 0 Å². The molecule has 3 rings (SSSR count). The lowest BCUT2D eigenvalue weighted by Crippen LogP contribution is -2.12. The lowest BCUT2D eigenvalue weighted by Gasteiger charge is -2.18. The highest BCUT2D eigenvalue weighted by Crippen LogP contribution is 2.42. The van der Waals surface area contributed by atoms with Crippen molar-refractivity contribution in [2.45, 2.75) is 12.4 Å². The second-order valence-corrected chi connectivity index (χ2v) is 6.00. The maximum Gasteiger partial charge on any atom is 0.417 e. The molecule has 0 aliphatic carbocycles. The van der Waals surface area contributed by atoms with Crippen LogP contribution in [0.2, 0.25) is 0 Å². The molecule has 0 bridgehead atoms. The number of halogens is 6. The van der Waals surface area contributed by atoms with Crippen LogP contribution < -0.4 is 0 Å². The van der Waals surface area contributed by atoms with Gasteiger partial charge in [0.15, 0.2) is 0 Å². The van der Waals surface area contributed by atoms with E-state index in [0.29, 0.717) is 0 Å². The number of carboxylic acids is 1. The van der Waals surface area contributed by atoms with Gasteiger partial charge in [-0.3, -0.25) is 4.98 Å². The third kappa shape index (κ3) is 3.94. The number of pyridine rings is 1. The second kappa shape index (κ2) is 7.23. The molecule has 3 nitrogen and oxygen atoms in total. The predicted molar refractivity (Wildman–Crippen MR) is 92.1 cm³/mol. The smallest absolute Gasteiger partial charge is 0.417 e. The average molecular weight is 411 g/mol. The summed E-state index contributed by atoms with van der Waals surface area (Å²) in [6, 6.07) is 8.41. The number of carboxylic acid groups (broad SMARTS) is 1. The molecule has 1 aromatic heterocycles. The molecule has 0 aliphatic rings. The van der Waals surface area contributed by atoms with Crippen LogP contribution in [-0.4, -0.2) is 16.1 Å². The number of carbonyl (C=O) groups is 1. The van der Waals surface area contributed by atoms with Crippen molar-refractivity contribution in [3.05, 3.63) is 77.6 Å². The molecule has 0 saturated carbocycles. The zero-order valence-electron chi connectivity index (χ0n) is 14.3. The topological polar surface area (TPSA) is 50.2 Å². The highest BCUT2D eigenvalue weighted by Gasteiger charge is 2.37. The summed E-state index contributed by atoms with van der Waals surface area (Å²) in [5.41, 5.74) is -4.78. The fourth-order valence-corrected chi connectivity index (χ4v) is 3.03. The molecule has 3 aromatic rings. The number of aromatic nitrogens is 1. The Labute approximate surface area is 160 Å². The van der Waals surface area contributed by atoms with Crippen LogP contribution in [0.4, 0.5) is 26.3 Å². The van der Waals surface area contributed by atoms with Crippen LogP contribution in [0.25, 0.3) is 22.3 Å². The zero-order chi connectivity index (χ0) is 21.4. The third-order valence-corrected chi connectivity index (χ3v) is 4.21. The van der Waals surface area contributed by atoms with Crippen LogP contribution in [-0.2, 0) is 12.4 Å². The maximum absolute atomic E-state index is 13.4. The summed E-state index contributed by atoms with van der Waals surface area (Å²) in [5, 5.41) is 9.67. The Morgan fingerprint density at radius 1 is 0.690 bits per heavy atom. The number of hydrogen-bond acceptors (Lipinski definition) is 2. The van der Waals surface area contributed by atoms with E-state index in [1.807, 2.05) is 0 Å². The van der Waals surface area contributed by atoms with Crippen molar-refractivity contribution < 1.29 is 36.2 Å². The van der Waals surface area contributed by atoms with Crippen molar-refractivity contribution in [2.24, 2.45) is 0 Å². The number of aromatic carboxylic acids is 1. The highest BCUT2D eigenvalue weighted by atomic mass is 19.4.